The molecule has 0 radical (unpaired) electrons. The fraction of sp³-hybridized carbons (Fsp3) is 0.333. The molecule has 5 heteroatoms. The normalized spacial score (nSPS) is 10.8. The topological polar surface area (TPSA) is 72.6 Å². The maximum absolute atomic E-state index is 10.9. The number of nitrogens with zero attached hydrogens (tertiary/aromatic N) is 1. The average molecular weight is 275 g/mol. The molecule has 1 heterocycles. The van der Waals surface area contributed by atoms with Gasteiger partial charge in [-0.1, -0.05) is 19.0 Å². The van der Waals surface area contributed by atoms with E-state index >= 15 is 0 Å². The van der Waals surface area contributed by atoms with Crippen molar-refractivity contribution in [2.24, 2.45) is 5.92 Å². The van der Waals surface area contributed by atoms with E-state index in [0.717, 1.165) is 11.3 Å². The Labute approximate surface area is 117 Å². The van der Waals surface area contributed by atoms with Crippen molar-refractivity contribution >= 4 is 5.97 Å². The number of benzene rings is 1. The molecule has 1 N–H and O–H groups in total. The molecule has 1 aromatic carbocycles. The first kappa shape index (κ1) is 14.1. The first-order valence-corrected chi connectivity index (χ1v) is 6.42. The molecule has 2 rings (SSSR count). The molecule has 5 nitrogen and oxygen atoms in total. The van der Waals surface area contributed by atoms with Crippen molar-refractivity contribution in [3.63, 3.8) is 0 Å². The van der Waals surface area contributed by atoms with E-state index in [4.69, 9.17) is 14.4 Å². The van der Waals surface area contributed by atoms with E-state index in [-0.39, 0.29) is 5.69 Å². The van der Waals surface area contributed by atoms with Crippen LogP contribution in [0.4, 0.5) is 0 Å². The van der Waals surface area contributed by atoms with E-state index in [1.165, 1.54) is 0 Å². The van der Waals surface area contributed by atoms with Gasteiger partial charge in [-0.2, -0.15) is 0 Å². The maximum Gasteiger partial charge on any atom is 0.358 e. The van der Waals surface area contributed by atoms with Gasteiger partial charge in [0.15, 0.2) is 11.5 Å². The zero-order valence-electron chi connectivity index (χ0n) is 11.7. The SMILES string of the molecule is Cc1c(C(=O)O)noc1-c1ccc(OCC(C)C)cc1. The average Bonchev–Trinajstić information content (AvgIpc) is 2.79. The van der Waals surface area contributed by atoms with Crippen molar-refractivity contribution in [3.05, 3.63) is 35.5 Å². The van der Waals surface area contributed by atoms with Crippen molar-refractivity contribution in [2.75, 3.05) is 6.61 Å². The predicted octanol–water partition coefficient (Wildman–Crippen LogP) is 3.38. The van der Waals surface area contributed by atoms with E-state index < -0.39 is 5.97 Å². The Morgan fingerprint density at radius 2 is 2.00 bits per heavy atom. The predicted molar refractivity (Wildman–Crippen MR) is 74.0 cm³/mol. The summed E-state index contributed by atoms with van der Waals surface area (Å²) in [4.78, 5) is 10.9. The highest BCUT2D eigenvalue weighted by Crippen LogP contribution is 2.27. The number of aromatic carboxylic acids is 1. The van der Waals surface area contributed by atoms with Gasteiger partial charge in [-0.3, -0.25) is 0 Å². The number of hydrogen-bond acceptors (Lipinski definition) is 4. The Balaban J connectivity index is 2.20. The van der Waals surface area contributed by atoms with Crippen molar-refractivity contribution in [2.45, 2.75) is 20.8 Å². The van der Waals surface area contributed by atoms with Crippen LogP contribution < -0.4 is 4.74 Å². The molecule has 20 heavy (non-hydrogen) atoms. The molecular formula is C15H17NO4. The second-order valence-corrected chi connectivity index (χ2v) is 5.02. The summed E-state index contributed by atoms with van der Waals surface area (Å²) < 4.78 is 10.7. The minimum Gasteiger partial charge on any atom is -0.493 e. The molecular weight excluding hydrogens is 258 g/mol. The summed E-state index contributed by atoms with van der Waals surface area (Å²) in [5.41, 5.74) is 1.24. The van der Waals surface area contributed by atoms with Crippen LogP contribution in [0.1, 0.15) is 29.9 Å². The number of ether oxygens (including phenoxy) is 1. The fourth-order valence-corrected chi connectivity index (χ4v) is 1.77. The van der Waals surface area contributed by atoms with Crippen molar-refractivity contribution in [1.29, 1.82) is 0 Å². The molecule has 106 valence electrons. The third-order valence-electron chi connectivity index (χ3n) is 2.83. The number of carboxylic acids is 1. The molecule has 0 atom stereocenters. The van der Waals surface area contributed by atoms with Gasteiger partial charge in [0.25, 0.3) is 0 Å². The summed E-state index contributed by atoms with van der Waals surface area (Å²) in [6, 6.07) is 7.32. The van der Waals surface area contributed by atoms with Crippen LogP contribution in [0.25, 0.3) is 11.3 Å². The molecule has 0 aliphatic heterocycles. The van der Waals surface area contributed by atoms with Crippen LogP contribution in [-0.2, 0) is 0 Å². The number of aromatic nitrogens is 1. The summed E-state index contributed by atoms with van der Waals surface area (Å²) in [5.74, 6) is 0.620. The first-order valence-electron chi connectivity index (χ1n) is 6.42. The van der Waals surface area contributed by atoms with Crippen LogP contribution in [0, 0.1) is 12.8 Å². The lowest BCUT2D eigenvalue weighted by molar-refractivity contribution is 0.0685. The highest BCUT2D eigenvalue weighted by atomic mass is 16.5. The Hall–Kier alpha value is -2.30. The lowest BCUT2D eigenvalue weighted by Gasteiger charge is -2.08. The molecule has 0 aliphatic rings. The Morgan fingerprint density at radius 3 is 2.50 bits per heavy atom. The molecule has 0 saturated heterocycles. The van der Waals surface area contributed by atoms with Crippen LogP contribution in [0.15, 0.2) is 28.8 Å². The minimum absolute atomic E-state index is 0.0554. The monoisotopic (exact) mass is 275 g/mol. The van der Waals surface area contributed by atoms with Gasteiger partial charge >= 0.3 is 5.97 Å². The third-order valence-corrected chi connectivity index (χ3v) is 2.83. The Bertz CT molecular complexity index is 599. The van der Waals surface area contributed by atoms with E-state index in [1.807, 2.05) is 24.3 Å². The lowest BCUT2D eigenvalue weighted by atomic mass is 10.1. The molecule has 1 aromatic heterocycles. The van der Waals surface area contributed by atoms with Crippen LogP contribution in [0.2, 0.25) is 0 Å². The lowest BCUT2D eigenvalue weighted by Crippen LogP contribution is -2.04. The summed E-state index contributed by atoms with van der Waals surface area (Å²) in [6.07, 6.45) is 0. The number of carboxylic acid groups (broad SMARTS) is 1. The van der Waals surface area contributed by atoms with Gasteiger partial charge in [0, 0.05) is 11.1 Å². The molecule has 0 spiro atoms. The fourth-order valence-electron chi connectivity index (χ4n) is 1.77. The zero-order valence-corrected chi connectivity index (χ0v) is 11.7. The van der Waals surface area contributed by atoms with Gasteiger partial charge in [0.05, 0.1) is 6.61 Å². The van der Waals surface area contributed by atoms with Gasteiger partial charge in [0.1, 0.15) is 5.75 Å². The quantitative estimate of drug-likeness (QED) is 0.905. The number of rotatable bonds is 5. The van der Waals surface area contributed by atoms with Gasteiger partial charge in [-0.15, -0.1) is 0 Å². The third kappa shape index (κ3) is 2.99. The Kier molecular flexibility index (Phi) is 4.08. The molecule has 0 amide bonds. The molecule has 0 aliphatic carbocycles. The van der Waals surface area contributed by atoms with E-state index in [1.54, 1.807) is 6.92 Å². The number of carbonyl (C=O) groups is 1. The summed E-state index contributed by atoms with van der Waals surface area (Å²) in [5, 5.41) is 12.5. The van der Waals surface area contributed by atoms with Crippen molar-refractivity contribution in [3.8, 4) is 17.1 Å². The second-order valence-electron chi connectivity index (χ2n) is 5.02. The van der Waals surface area contributed by atoms with Gasteiger partial charge < -0.3 is 14.4 Å². The summed E-state index contributed by atoms with van der Waals surface area (Å²) >= 11 is 0. The van der Waals surface area contributed by atoms with Gasteiger partial charge in [-0.05, 0) is 37.1 Å². The molecule has 0 saturated carbocycles. The van der Waals surface area contributed by atoms with E-state index in [9.17, 15) is 4.79 Å². The van der Waals surface area contributed by atoms with E-state index in [0.29, 0.717) is 23.8 Å². The second kappa shape index (κ2) is 5.77. The molecule has 0 unspecified atom stereocenters. The smallest absolute Gasteiger partial charge is 0.358 e. The number of hydrogen-bond donors (Lipinski definition) is 1. The van der Waals surface area contributed by atoms with Crippen LogP contribution in [-0.4, -0.2) is 22.8 Å². The van der Waals surface area contributed by atoms with Gasteiger partial charge in [-0.25, -0.2) is 4.79 Å². The minimum atomic E-state index is -1.09. The molecule has 0 bridgehead atoms. The highest BCUT2D eigenvalue weighted by molar-refractivity contribution is 5.88. The maximum atomic E-state index is 10.9. The van der Waals surface area contributed by atoms with Crippen LogP contribution in [0.3, 0.4) is 0 Å². The molecule has 0 fully saturated rings. The summed E-state index contributed by atoms with van der Waals surface area (Å²) in [6.45, 7) is 6.50. The largest absolute Gasteiger partial charge is 0.493 e. The van der Waals surface area contributed by atoms with Crippen molar-refractivity contribution < 1.29 is 19.2 Å². The standard InChI is InChI=1S/C15H17NO4/c1-9(2)8-19-12-6-4-11(5-7-12)14-10(3)13(15(17)18)16-20-14/h4-7,9H,8H2,1-3H3,(H,17,18). The Morgan fingerprint density at radius 1 is 1.35 bits per heavy atom. The van der Waals surface area contributed by atoms with Crippen LogP contribution in [0.5, 0.6) is 5.75 Å². The summed E-state index contributed by atoms with van der Waals surface area (Å²) in [7, 11) is 0. The first-order chi connectivity index (χ1) is 9.49. The highest BCUT2D eigenvalue weighted by Gasteiger charge is 2.18. The molecule has 2 aromatic rings. The van der Waals surface area contributed by atoms with E-state index in [2.05, 4.69) is 19.0 Å². The van der Waals surface area contributed by atoms with Crippen LogP contribution >= 0.6 is 0 Å². The van der Waals surface area contributed by atoms with Crippen molar-refractivity contribution in [1.82, 2.24) is 5.16 Å². The van der Waals surface area contributed by atoms with Gasteiger partial charge in [0.2, 0.25) is 0 Å². The zero-order chi connectivity index (χ0) is 14.7.